The zero-order valence-corrected chi connectivity index (χ0v) is 15.7. The first-order valence-corrected chi connectivity index (χ1v) is 9.35. The van der Waals surface area contributed by atoms with Crippen LogP contribution < -0.4 is 14.8 Å². The standard InChI is InChI=1S/C18H18N2O3S2/c1-11(24-18-20-13-6-4-5-7-16(13)25-18)17(21)19-14-10-12(22-2)8-9-15(14)23-3/h4-11H,1-3H3,(H,19,21)/t11-/m0/s1. The van der Waals surface area contributed by atoms with Gasteiger partial charge in [0, 0.05) is 6.07 Å². The second-order valence-electron chi connectivity index (χ2n) is 5.26. The van der Waals surface area contributed by atoms with E-state index in [-0.39, 0.29) is 11.2 Å². The van der Waals surface area contributed by atoms with E-state index >= 15 is 0 Å². The Hall–Kier alpha value is -2.25. The minimum atomic E-state index is -0.295. The van der Waals surface area contributed by atoms with Gasteiger partial charge in [0.1, 0.15) is 11.5 Å². The molecule has 0 fully saturated rings. The summed E-state index contributed by atoms with van der Waals surface area (Å²) in [6.45, 7) is 1.86. The van der Waals surface area contributed by atoms with Gasteiger partial charge < -0.3 is 14.8 Å². The number of benzene rings is 2. The minimum absolute atomic E-state index is 0.115. The summed E-state index contributed by atoms with van der Waals surface area (Å²) in [6, 6.07) is 13.2. The third-order valence-electron chi connectivity index (χ3n) is 3.59. The maximum Gasteiger partial charge on any atom is 0.237 e. The number of carbonyl (C=O) groups excluding carboxylic acids is 1. The van der Waals surface area contributed by atoms with E-state index in [1.165, 1.54) is 11.8 Å². The molecule has 2 aromatic carbocycles. The number of nitrogens with one attached hydrogen (secondary N) is 1. The molecule has 1 N–H and O–H groups in total. The van der Waals surface area contributed by atoms with Crippen molar-refractivity contribution in [2.45, 2.75) is 16.5 Å². The van der Waals surface area contributed by atoms with Crippen molar-refractivity contribution in [2.75, 3.05) is 19.5 Å². The Morgan fingerprint density at radius 2 is 2.00 bits per heavy atom. The number of ether oxygens (including phenoxy) is 2. The lowest BCUT2D eigenvalue weighted by Gasteiger charge is -2.14. The molecule has 7 heteroatoms. The molecule has 3 rings (SSSR count). The third kappa shape index (κ3) is 4.05. The molecule has 0 saturated heterocycles. The molecule has 0 aliphatic carbocycles. The number of thioether (sulfide) groups is 1. The highest BCUT2D eigenvalue weighted by Crippen LogP contribution is 2.33. The number of para-hydroxylation sites is 1. The van der Waals surface area contributed by atoms with E-state index in [9.17, 15) is 4.79 Å². The molecule has 1 aromatic heterocycles. The fourth-order valence-electron chi connectivity index (χ4n) is 2.25. The van der Waals surface area contributed by atoms with E-state index in [0.717, 1.165) is 14.6 Å². The molecule has 0 aliphatic heterocycles. The highest BCUT2D eigenvalue weighted by atomic mass is 32.2. The predicted molar refractivity (Wildman–Crippen MR) is 103 cm³/mol. The number of methoxy groups -OCH3 is 2. The highest BCUT2D eigenvalue weighted by molar-refractivity contribution is 8.02. The second-order valence-corrected chi connectivity index (χ2v) is 7.88. The lowest BCUT2D eigenvalue weighted by Crippen LogP contribution is -2.22. The summed E-state index contributed by atoms with van der Waals surface area (Å²) in [5.74, 6) is 1.13. The van der Waals surface area contributed by atoms with Crippen LogP contribution in [0.4, 0.5) is 5.69 Å². The van der Waals surface area contributed by atoms with Gasteiger partial charge in [-0.1, -0.05) is 23.9 Å². The Morgan fingerprint density at radius 1 is 1.20 bits per heavy atom. The van der Waals surface area contributed by atoms with Crippen LogP contribution in [0.3, 0.4) is 0 Å². The number of carbonyl (C=O) groups is 1. The Bertz CT molecular complexity index is 862. The van der Waals surface area contributed by atoms with E-state index in [0.29, 0.717) is 17.2 Å². The normalized spacial score (nSPS) is 12.0. The van der Waals surface area contributed by atoms with E-state index in [1.807, 2.05) is 31.2 Å². The summed E-state index contributed by atoms with van der Waals surface area (Å²) in [6.07, 6.45) is 0. The summed E-state index contributed by atoms with van der Waals surface area (Å²) in [5.41, 5.74) is 1.54. The zero-order chi connectivity index (χ0) is 17.8. The van der Waals surface area contributed by atoms with Crippen LogP contribution in [-0.4, -0.2) is 30.4 Å². The van der Waals surface area contributed by atoms with Crippen LogP contribution in [0.2, 0.25) is 0 Å². The predicted octanol–water partition coefficient (Wildman–Crippen LogP) is 4.43. The maximum atomic E-state index is 12.5. The summed E-state index contributed by atoms with van der Waals surface area (Å²) in [5, 5.41) is 2.61. The lowest BCUT2D eigenvalue weighted by atomic mass is 10.2. The van der Waals surface area contributed by atoms with Gasteiger partial charge >= 0.3 is 0 Å². The molecule has 5 nitrogen and oxygen atoms in total. The molecule has 0 bridgehead atoms. The van der Waals surface area contributed by atoms with Gasteiger partial charge in [-0.05, 0) is 31.2 Å². The Balaban J connectivity index is 1.72. The number of amides is 1. The molecule has 130 valence electrons. The van der Waals surface area contributed by atoms with Crippen molar-refractivity contribution >= 4 is 44.9 Å². The minimum Gasteiger partial charge on any atom is -0.497 e. The molecule has 1 heterocycles. The van der Waals surface area contributed by atoms with Crippen molar-refractivity contribution in [3.05, 3.63) is 42.5 Å². The monoisotopic (exact) mass is 374 g/mol. The van der Waals surface area contributed by atoms with Gasteiger partial charge in [0.05, 0.1) is 35.4 Å². The number of rotatable bonds is 6. The van der Waals surface area contributed by atoms with Crippen LogP contribution in [0, 0.1) is 0 Å². The largest absolute Gasteiger partial charge is 0.497 e. The number of thiazole rings is 1. The summed E-state index contributed by atoms with van der Waals surface area (Å²) in [4.78, 5) is 17.1. The van der Waals surface area contributed by atoms with E-state index in [4.69, 9.17) is 9.47 Å². The number of hydrogen-bond acceptors (Lipinski definition) is 6. The van der Waals surface area contributed by atoms with Crippen LogP contribution in [0.5, 0.6) is 11.5 Å². The van der Waals surface area contributed by atoms with Gasteiger partial charge in [-0.2, -0.15) is 0 Å². The molecule has 0 aliphatic rings. The number of anilines is 1. The quantitative estimate of drug-likeness (QED) is 0.647. The summed E-state index contributed by atoms with van der Waals surface area (Å²) >= 11 is 3.03. The summed E-state index contributed by atoms with van der Waals surface area (Å²) < 4.78 is 12.5. The fourth-order valence-corrected chi connectivity index (χ4v) is 4.46. The van der Waals surface area contributed by atoms with Crippen molar-refractivity contribution < 1.29 is 14.3 Å². The maximum absolute atomic E-state index is 12.5. The highest BCUT2D eigenvalue weighted by Gasteiger charge is 2.18. The zero-order valence-electron chi connectivity index (χ0n) is 14.1. The van der Waals surface area contributed by atoms with Gasteiger partial charge in [0.2, 0.25) is 5.91 Å². The number of hydrogen-bond donors (Lipinski definition) is 1. The molecular formula is C18H18N2O3S2. The Kier molecular flexibility index (Phi) is 5.45. The summed E-state index contributed by atoms with van der Waals surface area (Å²) in [7, 11) is 3.15. The average molecular weight is 374 g/mol. The second kappa shape index (κ2) is 7.76. The number of nitrogens with zero attached hydrogens (tertiary/aromatic N) is 1. The van der Waals surface area contributed by atoms with Crippen LogP contribution in [-0.2, 0) is 4.79 Å². The van der Waals surface area contributed by atoms with Crippen LogP contribution in [0.25, 0.3) is 10.2 Å². The first kappa shape index (κ1) is 17.6. The molecule has 1 atom stereocenters. The van der Waals surface area contributed by atoms with Crippen molar-refractivity contribution in [1.29, 1.82) is 0 Å². The molecule has 0 saturated carbocycles. The van der Waals surface area contributed by atoms with Gasteiger partial charge in [0.25, 0.3) is 0 Å². The molecule has 0 unspecified atom stereocenters. The Morgan fingerprint density at radius 3 is 2.72 bits per heavy atom. The van der Waals surface area contributed by atoms with Crippen LogP contribution in [0.15, 0.2) is 46.8 Å². The van der Waals surface area contributed by atoms with E-state index < -0.39 is 0 Å². The molecule has 0 spiro atoms. The van der Waals surface area contributed by atoms with Gasteiger partial charge in [0.15, 0.2) is 4.34 Å². The van der Waals surface area contributed by atoms with E-state index in [1.54, 1.807) is 43.8 Å². The van der Waals surface area contributed by atoms with Crippen molar-refractivity contribution in [1.82, 2.24) is 4.98 Å². The van der Waals surface area contributed by atoms with Crippen molar-refractivity contribution in [3.8, 4) is 11.5 Å². The Labute approximate surface area is 154 Å². The first-order valence-electron chi connectivity index (χ1n) is 7.66. The van der Waals surface area contributed by atoms with Gasteiger partial charge in [-0.25, -0.2) is 4.98 Å². The van der Waals surface area contributed by atoms with Gasteiger partial charge in [-0.3, -0.25) is 4.79 Å². The molecular weight excluding hydrogens is 356 g/mol. The average Bonchev–Trinajstić information content (AvgIpc) is 3.03. The molecule has 0 radical (unpaired) electrons. The molecule has 25 heavy (non-hydrogen) atoms. The molecule has 1 amide bonds. The van der Waals surface area contributed by atoms with Crippen LogP contribution in [0.1, 0.15) is 6.92 Å². The first-order chi connectivity index (χ1) is 12.1. The smallest absolute Gasteiger partial charge is 0.237 e. The van der Waals surface area contributed by atoms with Crippen molar-refractivity contribution in [3.63, 3.8) is 0 Å². The van der Waals surface area contributed by atoms with E-state index in [2.05, 4.69) is 10.3 Å². The third-order valence-corrected chi connectivity index (χ3v) is 5.82. The lowest BCUT2D eigenvalue weighted by molar-refractivity contribution is -0.115. The number of fused-ring (bicyclic) bond motifs is 1. The van der Waals surface area contributed by atoms with Gasteiger partial charge in [-0.15, -0.1) is 11.3 Å². The topological polar surface area (TPSA) is 60.5 Å². The van der Waals surface area contributed by atoms with Crippen LogP contribution >= 0.6 is 23.1 Å². The molecule has 3 aromatic rings. The number of aromatic nitrogens is 1. The fraction of sp³-hybridized carbons (Fsp3) is 0.222. The SMILES string of the molecule is COc1ccc(OC)c(NC(=O)[C@H](C)Sc2nc3ccccc3s2)c1. The van der Waals surface area contributed by atoms with Crippen molar-refractivity contribution in [2.24, 2.45) is 0 Å².